The van der Waals surface area contributed by atoms with Gasteiger partial charge in [-0.2, -0.15) is 0 Å². The Balaban J connectivity index is 1.83. The van der Waals surface area contributed by atoms with Gasteiger partial charge in [0.25, 0.3) is 5.91 Å². The Morgan fingerprint density at radius 3 is 2.58 bits per heavy atom. The Kier molecular flexibility index (Phi) is 3.85. The number of pyridine rings is 1. The summed E-state index contributed by atoms with van der Waals surface area (Å²) in [6.07, 6.45) is 1.66. The van der Waals surface area contributed by atoms with E-state index in [0.29, 0.717) is 28.5 Å². The molecule has 0 spiro atoms. The number of amides is 1. The van der Waals surface area contributed by atoms with E-state index in [2.05, 4.69) is 9.97 Å². The minimum absolute atomic E-state index is 0.0818. The summed E-state index contributed by atoms with van der Waals surface area (Å²) in [4.78, 5) is 20.5. The Hall–Kier alpha value is -3.67. The summed E-state index contributed by atoms with van der Waals surface area (Å²) in [7, 11) is 1.59. The molecule has 26 heavy (non-hydrogen) atoms. The maximum Gasteiger partial charge on any atom is 0.271 e. The smallest absolute Gasteiger partial charge is 0.271 e. The molecule has 4 aromatic rings. The molecule has 0 radical (unpaired) electrons. The second-order valence-electron chi connectivity index (χ2n) is 5.71. The van der Waals surface area contributed by atoms with Crippen LogP contribution in [0.3, 0.4) is 0 Å². The van der Waals surface area contributed by atoms with E-state index >= 15 is 0 Å². The van der Waals surface area contributed by atoms with E-state index in [0.717, 1.165) is 10.9 Å². The first kappa shape index (κ1) is 15.8. The zero-order chi connectivity index (χ0) is 18.1. The lowest BCUT2D eigenvalue weighted by molar-refractivity contribution is 0.0996. The van der Waals surface area contributed by atoms with Gasteiger partial charge in [0.15, 0.2) is 11.5 Å². The van der Waals surface area contributed by atoms with Crippen molar-refractivity contribution in [2.24, 2.45) is 5.73 Å². The molecule has 0 aliphatic rings. The second-order valence-corrected chi connectivity index (χ2v) is 5.71. The SMILES string of the molecule is COc1ccc(-c2oc(-c3cnc4ccccc4c3)nc2C(N)=O)cc1. The maximum atomic E-state index is 11.8. The van der Waals surface area contributed by atoms with Gasteiger partial charge in [0, 0.05) is 17.1 Å². The van der Waals surface area contributed by atoms with E-state index in [-0.39, 0.29) is 5.69 Å². The summed E-state index contributed by atoms with van der Waals surface area (Å²) in [5.41, 5.74) is 7.80. The van der Waals surface area contributed by atoms with Crippen molar-refractivity contribution in [2.45, 2.75) is 0 Å². The number of carbonyl (C=O) groups excluding carboxylic acids is 1. The Labute approximate surface area is 149 Å². The predicted octanol–water partition coefficient (Wildman–Crippen LogP) is 3.66. The van der Waals surface area contributed by atoms with Crippen LogP contribution in [-0.2, 0) is 0 Å². The second kappa shape index (κ2) is 6.33. The van der Waals surface area contributed by atoms with Crippen molar-refractivity contribution >= 4 is 16.8 Å². The lowest BCUT2D eigenvalue weighted by Gasteiger charge is -2.02. The summed E-state index contributed by atoms with van der Waals surface area (Å²) in [6.45, 7) is 0. The molecule has 1 amide bonds. The molecular weight excluding hydrogens is 330 g/mol. The number of hydrogen-bond acceptors (Lipinski definition) is 5. The van der Waals surface area contributed by atoms with Crippen LogP contribution in [0.4, 0.5) is 0 Å². The number of para-hydroxylation sites is 1. The molecule has 2 N–H and O–H groups in total. The van der Waals surface area contributed by atoms with Crippen LogP contribution in [-0.4, -0.2) is 23.0 Å². The average molecular weight is 345 g/mol. The van der Waals surface area contributed by atoms with Gasteiger partial charge >= 0.3 is 0 Å². The van der Waals surface area contributed by atoms with E-state index in [9.17, 15) is 4.79 Å². The van der Waals surface area contributed by atoms with Crippen LogP contribution >= 0.6 is 0 Å². The lowest BCUT2D eigenvalue weighted by Crippen LogP contribution is -2.12. The highest BCUT2D eigenvalue weighted by Gasteiger charge is 2.20. The van der Waals surface area contributed by atoms with E-state index in [1.165, 1.54) is 0 Å². The quantitative estimate of drug-likeness (QED) is 0.609. The van der Waals surface area contributed by atoms with Crippen LogP contribution in [0, 0.1) is 0 Å². The van der Waals surface area contributed by atoms with Gasteiger partial charge in [-0.05, 0) is 36.4 Å². The van der Waals surface area contributed by atoms with Crippen LogP contribution in [0.1, 0.15) is 10.5 Å². The number of benzene rings is 2. The van der Waals surface area contributed by atoms with Gasteiger partial charge in [-0.25, -0.2) is 4.98 Å². The molecule has 2 aromatic carbocycles. The van der Waals surface area contributed by atoms with Crippen LogP contribution in [0.5, 0.6) is 5.75 Å². The summed E-state index contributed by atoms with van der Waals surface area (Å²) in [6, 6.07) is 16.8. The largest absolute Gasteiger partial charge is 0.497 e. The van der Waals surface area contributed by atoms with Crippen LogP contribution in [0.25, 0.3) is 33.7 Å². The summed E-state index contributed by atoms with van der Waals surface area (Å²) in [5.74, 6) is 0.665. The van der Waals surface area contributed by atoms with Crippen LogP contribution in [0.2, 0.25) is 0 Å². The lowest BCUT2D eigenvalue weighted by atomic mass is 10.1. The van der Waals surface area contributed by atoms with Gasteiger partial charge in [0.2, 0.25) is 5.89 Å². The number of fused-ring (bicyclic) bond motifs is 1. The first-order chi connectivity index (χ1) is 12.7. The molecule has 6 nitrogen and oxygen atoms in total. The number of carbonyl (C=O) groups is 1. The molecule has 128 valence electrons. The van der Waals surface area contributed by atoms with Crippen molar-refractivity contribution in [3.63, 3.8) is 0 Å². The zero-order valence-electron chi connectivity index (χ0n) is 14.0. The summed E-state index contributed by atoms with van der Waals surface area (Å²) < 4.78 is 11.0. The fraction of sp³-hybridized carbons (Fsp3) is 0.0500. The number of oxazole rings is 1. The highest BCUT2D eigenvalue weighted by Crippen LogP contribution is 2.31. The molecule has 0 bridgehead atoms. The van der Waals surface area contributed by atoms with Crippen molar-refractivity contribution in [3.05, 3.63) is 66.5 Å². The predicted molar refractivity (Wildman–Crippen MR) is 97.7 cm³/mol. The molecule has 2 heterocycles. The van der Waals surface area contributed by atoms with Crippen molar-refractivity contribution in [1.82, 2.24) is 9.97 Å². The number of nitrogens with two attached hydrogens (primary N) is 1. The van der Waals surface area contributed by atoms with Crippen LogP contribution < -0.4 is 10.5 Å². The molecule has 0 atom stereocenters. The standard InChI is InChI=1S/C20H15N3O3/c1-25-15-8-6-12(7-9-15)18-17(19(21)24)23-20(26-18)14-10-13-4-2-3-5-16(13)22-11-14/h2-11H,1H3,(H2,21,24). The molecule has 0 saturated heterocycles. The van der Waals surface area contributed by atoms with Gasteiger partial charge in [-0.1, -0.05) is 18.2 Å². The van der Waals surface area contributed by atoms with Crippen molar-refractivity contribution < 1.29 is 13.9 Å². The normalized spacial score (nSPS) is 10.8. The molecule has 0 unspecified atom stereocenters. The number of aromatic nitrogens is 2. The van der Waals surface area contributed by atoms with Gasteiger partial charge in [0.1, 0.15) is 5.75 Å². The summed E-state index contributed by atoms with van der Waals surface area (Å²) >= 11 is 0. The number of rotatable bonds is 4. The molecule has 0 aliphatic carbocycles. The number of primary amides is 1. The highest BCUT2D eigenvalue weighted by atomic mass is 16.5. The first-order valence-electron chi connectivity index (χ1n) is 7.96. The van der Waals surface area contributed by atoms with E-state index in [1.807, 2.05) is 30.3 Å². The number of ether oxygens (including phenoxy) is 1. The third-order valence-electron chi connectivity index (χ3n) is 4.05. The number of nitrogens with zero attached hydrogens (tertiary/aromatic N) is 2. The molecular formula is C20H15N3O3. The third-order valence-corrected chi connectivity index (χ3v) is 4.05. The van der Waals surface area contributed by atoms with Gasteiger partial charge in [-0.15, -0.1) is 0 Å². The van der Waals surface area contributed by atoms with E-state index in [1.54, 1.807) is 37.6 Å². The molecule has 0 aliphatic heterocycles. The monoisotopic (exact) mass is 345 g/mol. The van der Waals surface area contributed by atoms with E-state index < -0.39 is 5.91 Å². The summed E-state index contributed by atoms with van der Waals surface area (Å²) in [5, 5.41) is 0.954. The maximum absolute atomic E-state index is 11.8. The van der Waals surface area contributed by atoms with Crippen LogP contribution in [0.15, 0.2) is 65.2 Å². The zero-order valence-corrected chi connectivity index (χ0v) is 14.0. The number of methoxy groups -OCH3 is 1. The Morgan fingerprint density at radius 1 is 1.08 bits per heavy atom. The van der Waals surface area contributed by atoms with Crippen molar-refractivity contribution in [2.75, 3.05) is 7.11 Å². The number of hydrogen-bond donors (Lipinski definition) is 1. The fourth-order valence-corrected chi connectivity index (χ4v) is 2.74. The van der Waals surface area contributed by atoms with Crippen molar-refractivity contribution in [3.8, 4) is 28.5 Å². The van der Waals surface area contributed by atoms with Gasteiger partial charge < -0.3 is 14.9 Å². The molecule has 6 heteroatoms. The Morgan fingerprint density at radius 2 is 1.85 bits per heavy atom. The molecule has 0 saturated carbocycles. The molecule has 4 rings (SSSR count). The minimum atomic E-state index is -0.653. The molecule has 2 aromatic heterocycles. The van der Waals surface area contributed by atoms with Gasteiger partial charge in [0.05, 0.1) is 18.2 Å². The fourth-order valence-electron chi connectivity index (χ4n) is 2.74. The van der Waals surface area contributed by atoms with E-state index in [4.69, 9.17) is 14.9 Å². The third kappa shape index (κ3) is 2.77. The highest BCUT2D eigenvalue weighted by molar-refractivity contribution is 5.97. The minimum Gasteiger partial charge on any atom is -0.497 e. The molecule has 0 fully saturated rings. The average Bonchev–Trinajstić information content (AvgIpc) is 3.13. The first-order valence-corrected chi connectivity index (χ1v) is 7.96. The Bertz CT molecular complexity index is 1100. The van der Waals surface area contributed by atoms with Crippen molar-refractivity contribution in [1.29, 1.82) is 0 Å². The topological polar surface area (TPSA) is 91.2 Å². The van der Waals surface area contributed by atoms with Gasteiger partial charge in [-0.3, -0.25) is 9.78 Å².